The van der Waals surface area contributed by atoms with Crippen LogP contribution in [0.1, 0.15) is 68.0 Å². The molecule has 1 aromatic rings. The minimum Gasteiger partial charge on any atom is -0.481 e. The Balaban J connectivity index is 2.18. The highest BCUT2D eigenvalue weighted by Crippen LogP contribution is 2.50. The van der Waals surface area contributed by atoms with Crippen molar-refractivity contribution in [2.24, 2.45) is 5.92 Å². The number of hydrogen-bond donors (Lipinski definition) is 2. The standard InChI is InChI=1S/C23H39FN2O8Si2/c1-12(2)35(13(3)4)31-11-18-20(33-36(34-35,14(5)6)15(7)8)16(9-19(27)28)22(32-18)26-10-17(24)21(29)25-23(26)30/h10,12-16,18,20,22H,9,11H2,1-8H3,(H,27,28)(H,25,29,30)/t16-,18-,20+,22-/m1/s1. The summed E-state index contributed by atoms with van der Waals surface area (Å²) >= 11 is 0. The van der Waals surface area contributed by atoms with Gasteiger partial charge in [-0.25, -0.2) is 4.79 Å². The molecule has 0 saturated carbocycles. The SMILES string of the molecule is CC(C)[Si]1(C(C)C)OC[C@H]2O[C@@H](n3cc(F)c(=O)[nH]c3=O)[C@H](CC(=O)O)[C@@H]2O[Si](C(C)C)(C(C)C)O1. The molecule has 0 amide bonds. The van der Waals surface area contributed by atoms with Gasteiger partial charge in [0.15, 0.2) is 0 Å². The normalized spacial score (nSPS) is 27.9. The summed E-state index contributed by atoms with van der Waals surface area (Å²) in [6, 6.07) is 0. The monoisotopic (exact) mass is 546 g/mol. The van der Waals surface area contributed by atoms with Crippen LogP contribution in [0.4, 0.5) is 4.39 Å². The van der Waals surface area contributed by atoms with Crippen LogP contribution in [-0.2, 0) is 22.5 Å². The molecule has 0 aromatic carbocycles. The smallest absolute Gasteiger partial charge is 0.335 e. The van der Waals surface area contributed by atoms with Gasteiger partial charge in [0.2, 0.25) is 5.82 Å². The molecular weight excluding hydrogens is 507 g/mol. The fourth-order valence-electron chi connectivity index (χ4n) is 5.57. The zero-order valence-electron chi connectivity index (χ0n) is 22.2. The molecule has 1 aromatic heterocycles. The molecule has 0 spiro atoms. The second-order valence-corrected chi connectivity index (χ2v) is 19.9. The number of ether oxygens (including phenoxy) is 1. The first-order valence-corrected chi connectivity index (χ1v) is 16.5. The number of halogens is 1. The van der Waals surface area contributed by atoms with E-state index in [1.807, 2.05) is 32.7 Å². The number of aliphatic carboxylic acids is 1. The molecule has 36 heavy (non-hydrogen) atoms. The summed E-state index contributed by atoms with van der Waals surface area (Å²) < 4.78 is 42.0. The van der Waals surface area contributed by atoms with Crippen LogP contribution in [0.25, 0.3) is 0 Å². The van der Waals surface area contributed by atoms with Crippen molar-refractivity contribution in [1.82, 2.24) is 9.55 Å². The van der Waals surface area contributed by atoms with Crippen molar-refractivity contribution in [3.05, 3.63) is 32.9 Å². The third-order valence-electron chi connectivity index (χ3n) is 7.41. The third-order valence-corrected chi connectivity index (χ3v) is 17.7. The van der Waals surface area contributed by atoms with Gasteiger partial charge in [-0.1, -0.05) is 55.4 Å². The number of H-pyrrole nitrogens is 1. The van der Waals surface area contributed by atoms with Crippen LogP contribution < -0.4 is 11.2 Å². The minimum atomic E-state index is -3.08. The van der Waals surface area contributed by atoms with Crippen molar-refractivity contribution >= 4 is 23.1 Å². The molecule has 2 aliphatic heterocycles. The number of rotatable bonds is 7. The van der Waals surface area contributed by atoms with Crippen molar-refractivity contribution in [1.29, 1.82) is 0 Å². The maximum absolute atomic E-state index is 14.2. The van der Waals surface area contributed by atoms with Gasteiger partial charge in [-0.3, -0.25) is 19.1 Å². The van der Waals surface area contributed by atoms with Crippen LogP contribution in [0.5, 0.6) is 0 Å². The molecule has 13 heteroatoms. The van der Waals surface area contributed by atoms with Gasteiger partial charge in [0.25, 0.3) is 5.56 Å². The number of nitrogens with zero attached hydrogens (tertiary/aromatic N) is 1. The van der Waals surface area contributed by atoms with Gasteiger partial charge in [-0.05, 0) is 22.2 Å². The Labute approximate surface area is 212 Å². The maximum atomic E-state index is 14.2. The lowest BCUT2D eigenvalue weighted by molar-refractivity contribution is -0.139. The Morgan fingerprint density at radius 3 is 2.14 bits per heavy atom. The highest BCUT2D eigenvalue weighted by atomic mass is 28.5. The van der Waals surface area contributed by atoms with E-state index < -0.39 is 70.9 Å². The molecule has 0 bridgehead atoms. The van der Waals surface area contributed by atoms with Gasteiger partial charge in [0, 0.05) is 5.92 Å². The summed E-state index contributed by atoms with van der Waals surface area (Å²) in [6.45, 7) is 16.6. The quantitative estimate of drug-likeness (QED) is 0.496. The van der Waals surface area contributed by atoms with Crippen molar-refractivity contribution in [2.75, 3.05) is 6.61 Å². The molecule has 2 N–H and O–H groups in total. The molecule has 10 nitrogen and oxygen atoms in total. The summed E-state index contributed by atoms with van der Waals surface area (Å²) in [7, 11) is -5.94. The zero-order valence-corrected chi connectivity index (χ0v) is 24.2. The predicted molar refractivity (Wildman–Crippen MR) is 135 cm³/mol. The van der Waals surface area contributed by atoms with Crippen LogP contribution >= 0.6 is 0 Å². The van der Waals surface area contributed by atoms with Crippen molar-refractivity contribution in [2.45, 2.75) is 102 Å². The number of fused-ring (bicyclic) bond motifs is 1. The molecule has 2 aliphatic rings. The third kappa shape index (κ3) is 5.05. The molecular formula is C23H39FN2O8Si2. The lowest BCUT2D eigenvalue weighted by Crippen LogP contribution is -2.65. The number of aromatic nitrogens is 2. The highest BCUT2D eigenvalue weighted by Gasteiger charge is 2.62. The van der Waals surface area contributed by atoms with Crippen LogP contribution in [0.2, 0.25) is 22.2 Å². The average molecular weight is 547 g/mol. The Morgan fingerprint density at radius 2 is 1.64 bits per heavy atom. The maximum Gasteiger partial charge on any atom is 0.335 e. The Hall–Kier alpha value is -1.65. The molecule has 204 valence electrons. The van der Waals surface area contributed by atoms with Gasteiger partial charge in [0.1, 0.15) is 12.3 Å². The van der Waals surface area contributed by atoms with E-state index >= 15 is 0 Å². The second kappa shape index (κ2) is 10.6. The number of hydrogen-bond acceptors (Lipinski definition) is 7. The molecule has 2 fully saturated rings. The van der Waals surface area contributed by atoms with E-state index in [4.69, 9.17) is 17.7 Å². The molecule has 4 atom stereocenters. The lowest BCUT2D eigenvalue weighted by atomic mass is 9.96. The predicted octanol–water partition coefficient (Wildman–Crippen LogP) is 3.62. The van der Waals surface area contributed by atoms with Crippen LogP contribution in [0, 0.1) is 11.7 Å². The molecule has 3 rings (SSSR count). The summed E-state index contributed by atoms with van der Waals surface area (Å²) in [6.07, 6.45) is -2.28. The lowest BCUT2D eigenvalue weighted by Gasteiger charge is -2.51. The number of nitrogens with one attached hydrogen (secondary N) is 1. The molecule has 3 heterocycles. The van der Waals surface area contributed by atoms with E-state index in [1.165, 1.54) is 0 Å². The summed E-state index contributed by atoms with van der Waals surface area (Å²) in [5.74, 6) is -3.13. The van der Waals surface area contributed by atoms with Gasteiger partial charge in [0.05, 0.1) is 25.3 Å². The molecule has 0 unspecified atom stereocenters. The summed E-state index contributed by atoms with van der Waals surface area (Å²) in [5.41, 5.74) is -1.84. The van der Waals surface area contributed by atoms with Gasteiger partial charge in [-0.2, -0.15) is 4.39 Å². The number of aromatic amines is 1. The van der Waals surface area contributed by atoms with Gasteiger partial charge >= 0.3 is 28.8 Å². The fourth-order valence-corrected chi connectivity index (χ4v) is 16.8. The van der Waals surface area contributed by atoms with Crippen LogP contribution in [-0.4, -0.2) is 56.6 Å². The van der Waals surface area contributed by atoms with E-state index in [-0.39, 0.29) is 28.8 Å². The Kier molecular flexibility index (Phi) is 8.53. The van der Waals surface area contributed by atoms with E-state index in [0.717, 1.165) is 10.8 Å². The first kappa shape index (κ1) is 28.9. The number of carboxylic acids is 1. The molecule has 0 aliphatic carbocycles. The number of carboxylic acid groups (broad SMARTS) is 1. The molecule has 2 saturated heterocycles. The van der Waals surface area contributed by atoms with Crippen molar-refractivity contribution in [3.63, 3.8) is 0 Å². The van der Waals surface area contributed by atoms with E-state index in [0.29, 0.717) is 0 Å². The first-order chi connectivity index (χ1) is 16.7. The minimum absolute atomic E-state index is 0.00185. The van der Waals surface area contributed by atoms with Gasteiger partial charge < -0.3 is 22.8 Å². The van der Waals surface area contributed by atoms with Crippen molar-refractivity contribution in [3.8, 4) is 0 Å². The van der Waals surface area contributed by atoms with Crippen LogP contribution in [0.15, 0.2) is 15.8 Å². The fraction of sp³-hybridized carbons (Fsp3) is 0.783. The van der Waals surface area contributed by atoms with E-state index in [1.54, 1.807) is 0 Å². The van der Waals surface area contributed by atoms with E-state index in [2.05, 4.69) is 27.7 Å². The van der Waals surface area contributed by atoms with Gasteiger partial charge in [-0.15, -0.1) is 0 Å². The zero-order chi connectivity index (χ0) is 27.2. The second-order valence-electron chi connectivity index (χ2n) is 11.0. The Morgan fingerprint density at radius 1 is 1.08 bits per heavy atom. The summed E-state index contributed by atoms with van der Waals surface area (Å²) in [5, 5.41) is 9.73. The number of carbonyl (C=O) groups is 1. The Bertz CT molecular complexity index is 1060. The molecule has 0 radical (unpaired) electrons. The highest BCUT2D eigenvalue weighted by molar-refractivity contribution is 6.83. The summed E-state index contributed by atoms with van der Waals surface area (Å²) in [4.78, 5) is 38.1. The average Bonchev–Trinajstić information content (AvgIpc) is 3.05. The van der Waals surface area contributed by atoms with Crippen LogP contribution in [0.3, 0.4) is 0 Å². The first-order valence-electron chi connectivity index (χ1n) is 12.6. The largest absolute Gasteiger partial charge is 0.481 e. The van der Waals surface area contributed by atoms with E-state index in [9.17, 15) is 23.9 Å². The van der Waals surface area contributed by atoms with Crippen molar-refractivity contribution < 1.29 is 32.0 Å². The topological polar surface area (TPSA) is 129 Å².